The molecule has 0 saturated carbocycles. The summed E-state index contributed by atoms with van der Waals surface area (Å²) in [4.78, 5) is 27.5. The number of nitro benzene ring substituents is 1. The molecule has 0 fully saturated rings. The standard InChI is InChI=1S/C18H14N8O4/c19-17-16(23-30-24-17)18-21-12-6-2-4-8-14(12)25(18)10-15(27)22-20-9-11-5-1-3-7-13(11)26(28)29/h1-9H,10H2,(H2,19,24)(H,22,27). The maximum atomic E-state index is 12.5. The zero-order valence-corrected chi connectivity index (χ0v) is 15.3. The highest BCUT2D eigenvalue weighted by Gasteiger charge is 2.20. The number of para-hydroxylation sites is 3. The molecule has 0 aliphatic heterocycles. The minimum Gasteiger partial charge on any atom is -0.379 e. The van der Waals surface area contributed by atoms with Gasteiger partial charge in [-0.2, -0.15) is 5.10 Å². The molecule has 0 aliphatic rings. The van der Waals surface area contributed by atoms with Crippen LogP contribution in [0.3, 0.4) is 0 Å². The molecular formula is C18H14N8O4. The van der Waals surface area contributed by atoms with Gasteiger partial charge in [0, 0.05) is 6.07 Å². The molecule has 0 spiro atoms. The van der Waals surface area contributed by atoms with E-state index in [9.17, 15) is 14.9 Å². The number of nitrogen functional groups attached to an aromatic ring is 1. The molecule has 0 saturated heterocycles. The highest BCUT2D eigenvalue weighted by atomic mass is 16.6. The molecule has 12 nitrogen and oxygen atoms in total. The van der Waals surface area contributed by atoms with Crippen LogP contribution in [0.2, 0.25) is 0 Å². The normalized spacial score (nSPS) is 11.2. The Labute approximate surface area is 168 Å². The number of rotatable bonds is 6. The van der Waals surface area contributed by atoms with Crippen LogP contribution >= 0.6 is 0 Å². The Balaban J connectivity index is 1.58. The first-order chi connectivity index (χ1) is 14.5. The largest absolute Gasteiger partial charge is 0.379 e. The quantitative estimate of drug-likeness (QED) is 0.277. The van der Waals surface area contributed by atoms with Crippen molar-refractivity contribution in [2.75, 3.05) is 5.73 Å². The van der Waals surface area contributed by atoms with Gasteiger partial charge in [0.25, 0.3) is 11.6 Å². The molecule has 2 aromatic heterocycles. The zero-order valence-electron chi connectivity index (χ0n) is 15.3. The molecule has 4 rings (SSSR count). The van der Waals surface area contributed by atoms with E-state index in [0.717, 1.165) is 0 Å². The van der Waals surface area contributed by atoms with Gasteiger partial charge in [-0.3, -0.25) is 14.9 Å². The van der Waals surface area contributed by atoms with Gasteiger partial charge in [0.15, 0.2) is 17.3 Å². The van der Waals surface area contributed by atoms with E-state index in [1.165, 1.54) is 18.3 Å². The minimum absolute atomic E-state index is 0.0429. The lowest BCUT2D eigenvalue weighted by atomic mass is 10.2. The maximum Gasteiger partial charge on any atom is 0.278 e. The third-order valence-corrected chi connectivity index (χ3v) is 4.21. The number of fused-ring (bicyclic) bond motifs is 1. The van der Waals surface area contributed by atoms with Gasteiger partial charge in [-0.1, -0.05) is 24.3 Å². The number of imidazole rings is 1. The second-order valence-electron chi connectivity index (χ2n) is 6.12. The van der Waals surface area contributed by atoms with Crippen LogP contribution < -0.4 is 11.2 Å². The summed E-state index contributed by atoms with van der Waals surface area (Å²) < 4.78 is 6.24. The molecule has 0 radical (unpaired) electrons. The first-order valence-electron chi connectivity index (χ1n) is 8.63. The third kappa shape index (κ3) is 3.56. The van der Waals surface area contributed by atoms with Gasteiger partial charge in [0.05, 0.1) is 27.7 Å². The SMILES string of the molecule is Nc1nonc1-c1nc2ccccc2n1CC(=O)NN=Cc1ccccc1[N+](=O)[O-]. The van der Waals surface area contributed by atoms with Crippen molar-refractivity contribution in [2.45, 2.75) is 6.54 Å². The second kappa shape index (κ2) is 7.79. The highest BCUT2D eigenvalue weighted by Crippen LogP contribution is 2.26. The average Bonchev–Trinajstić information content (AvgIpc) is 3.31. The molecule has 0 bridgehead atoms. The van der Waals surface area contributed by atoms with Crippen LogP contribution in [0, 0.1) is 10.1 Å². The fourth-order valence-corrected chi connectivity index (χ4v) is 2.88. The smallest absolute Gasteiger partial charge is 0.278 e. The van der Waals surface area contributed by atoms with Gasteiger partial charge in [-0.25, -0.2) is 15.0 Å². The van der Waals surface area contributed by atoms with Crippen molar-refractivity contribution in [2.24, 2.45) is 5.10 Å². The van der Waals surface area contributed by atoms with Crippen LogP contribution in [-0.4, -0.2) is 36.9 Å². The molecule has 0 aliphatic carbocycles. The Morgan fingerprint density at radius 3 is 2.77 bits per heavy atom. The van der Waals surface area contributed by atoms with Crippen molar-refractivity contribution in [1.82, 2.24) is 25.3 Å². The number of nitrogens with zero attached hydrogens (tertiary/aromatic N) is 6. The van der Waals surface area contributed by atoms with E-state index >= 15 is 0 Å². The Kier molecular flexibility index (Phi) is 4.87. The first-order valence-corrected chi connectivity index (χ1v) is 8.63. The molecule has 12 heteroatoms. The predicted molar refractivity (Wildman–Crippen MR) is 106 cm³/mol. The van der Waals surface area contributed by atoms with Gasteiger partial charge in [0.2, 0.25) is 0 Å². The lowest BCUT2D eigenvalue weighted by Gasteiger charge is -2.06. The van der Waals surface area contributed by atoms with E-state index in [1.807, 2.05) is 6.07 Å². The maximum absolute atomic E-state index is 12.5. The topological polar surface area (TPSA) is 167 Å². The Bertz CT molecular complexity index is 1280. The highest BCUT2D eigenvalue weighted by molar-refractivity contribution is 5.88. The molecule has 0 unspecified atom stereocenters. The lowest BCUT2D eigenvalue weighted by molar-refractivity contribution is -0.385. The summed E-state index contributed by atoms with van der Waals surface area (Å²) in [6.07, 6.45) is 1.21. The van der Waals surface area contributed by atoms with Crippen LogP contribution in [-0.2, 0) is 11.3 Å². The van der Waals surface area contributed by atoms with Gasteiger partial charge in [-0.15, -0.1) is 0 Å². The van der Waals surface area contributed by atoms with Gasteiger partial charge in [-0.05, 0) is 28.5 Å². The summed E-state index contributed by atoms with van der Waals surface area (Å²) in [5.41, 5.74) is 9.79. The fourth-order valence-electron chi connectivity index (χ4n) is 2.88. The van der Waals surface area contributed by atoms with Gasteiger partial charge >= 0.3 is 0 Å². The van der Waals surface area contributed by atoms with Crippen LogP contribution in [0.4, 0.5) is 11.5 Å². The fraction of sp³-hybridized carbons (Fsp3) is 0.0556. The number of anilines is 1. The number of hydrogen-bond donors (Lipinski definition) is 2. The van der Waals surface area contributed by atoms with E-state index in [4.69, 9.17) is 5.73 Å². The number of nitrogens with two attached hydrogens (primary N) is 1. The van der Waals surface area contributed by atoms with E-state index in [-0.39, 0.29) is 29.3 Å². The second-order valence-corrected chi connectivity index (χ2v) is 6.12. The number of benzene rings is 2. The van der Waals surface area contributed by atoms with Crippen molar-refractivity contribution in [3.05, 3.63) is 64.2 Å². The number of carbonyl (C=O) groups excluding carboxylic acids is 1. The molecule has 4 aromatic rings. The minimum atomic E-state index is -0.524. The Morgan fingerprint density at radius 1 is 1.23 bits per heavy atom. The summed E-state index contributed by atoms with van der Waals surface area (Å²) in [6.45, 7) is -0.156. The molecule has 2 heterocycles. The van der Waals surface area contributed by atoms with Crippen molar-refractivity contribution in [3.8, 4) is 11.5 Å². The summed E-state index contributed by atoms with van der Waals surface area (Å²) in [6, 6.07) is 13.2. The Hall–Kier alpha value is -4.61. The molecule has 0 atom stereocenters. The van der Waals surface area contributed by atoms with Crippen LogP contribution in [0.15, 0.2) is 58.3 Å². The number of carbonyl (C=O) groups is 1. The summed E-state index contributed by atoms with van der Waals surface area (Å²) in [7, 11) is 0. The first kappa shape index (κ1) is 18.7. The average molecular weight is 406 g/mol. The van der Waals surface area contributed by atoms with Crippen molar-refractivity contribution < 1.29 is 14.3 Å². The van der Waals surface area contributed by atoms with E-state index in [2.05, 4.69) is 30.5 Å². The molecular weight excluding hydrogens is 392 g/mol. The van der Waals surface area contributed by atoms with Crippen molar-refractivity contribution in [3.63, 3.8) is 0 Å². The number of amides is 1. The number of nitrogens with one attached hydrogen (secondary N) is 1. The molecule has 1 amide bonds. The summed E-state index contributed by atoms with van der Waals surface area (Å²) >= 11 is 0. The lowest BCUT2D eigenvalue weighted by Crippen LogP contribution is -2.23. The van der Waals surface area contributed by atoms with Gasteiger partial charge < -0.3 is 10.3 Å². The van der Waals surface area contributed by atoms with E-state index in [0.29, 0.717) is 16.9 Å². The zero-order chi connectivity index (χ0) is 21.1. The third-order valence-electron chi connectivity index (χ3n) is 4.21. The number of aromatic nitrogens is 4. The van der Waals surface area contributed by atoms with Crippen LogP contribution in [0.1, 0.15) is 5.56 Å². The molecule has 30 heavy (non-hydrogen) atoms. The number of hydrazone groups is 1. The van der Waals surface area contributed by atoms with Gasteiger partial charge in [0.1, 0.15) is 6.54 Å². The van der Waals surface area contributed by atoms with Crippen molar-refractivity contribution in [1.29, 1.82) is 0 Å². The van der Waals surface area contributed by atoms with Crippen LogP contribution in [0.25, 0.3) is 22.6 Å². The predicted octanol–water partition coefficient (Wildman–Crippen LogP) is 1.73. The summed E-state index contributed by atoms with van der Waals surface area (Å²) in [5, 5.41) is 22.2. The molecule has 3 N–H and O–H groups in total. The van der Waals surface area contributed by atoms with Crippen molar-refractivity contribution >= 4 is 34.7 Å². The Morgan fingerprint density at radius 2 is 2.00 bits per heavy atom. The number of hydrogen-bond acceptors (Lipinski definition) is 9. The molecule has 150 valence electrons. The van der Waals surface area contributed by atoms with E-state index in [1.54, 1.807) is 34.9 Å². The monoisotopic (exact) mass is 406 g/mol. The van der Waals surface area contributed by atoms with E-state index < -0.39 is 10.8 Å². The number of nitro groups is 1. The van der Waals surface area contributed by atoms with Crippen LogP contribution in [0.5, 0.6) is 0 Å². The summed E-state index contributed by atoms with van der Waals surface area (Å²) in [5.74, 6) is -0.126. The molecule has 2 aromatic carbocycles.